The third kappa shape index (κ3) is 11.8. The maximum atomic E-state index is 13.7. The van der Waals surface area contributed by atoms with Crippen molar-refractivity contribution in [2.45, 2.75) is 90.1 Å². The zero-order valence-electron chi connectivity index (χ0n) is 26.5. The van der Waals surface area contributed by atoms with Crippen LogP contribution in [0.25, 0.3) is 0 Å². The Morgan fingerprint density at radius 1 is 0.705 bits per heavy atom. The van der Waals surface area contributed by atoms with E-state index in [-0.39, 0.29) is 18.2 Å². The minimum absolute atomic E-state index is 0.204. The number of benzene rings is 3. The Balaban J connectivity index is 1.82. The van der Waals surface area contributed by atoms with E-state index in [1.807, 2.05) is 105 Å². The van der Waals surface area contributed by atoms with Crippen molar-refractivity contribution in [3.63, 3.8) is 0 Å². The molecule has 3 unspecified atom stereocenters. The minimum Gasteiger partial charge on any atom is -0.444 e. The molecule has 0 saturated heterocycles. The monoisotopic (exact) mass is 601 g/mol. The Bertz CT molecular complexity index is 1310. The van der Waals surface area contributed by atoms with Gasteiger partial charge < -0.3 is 25.8 Å². The number of alkyl carbamates (subject to hydrolysis) is 1. The van der Waals surface area contributed by atoms with Crippen LogP contribution in [0.15, 0.2) is 91.0 Å². The summed E-state index contributed by atoms with van der Waals surface area (Å²) < 4.78 is 5.51. The molecule has 236 valence electrons. The summed E-state index contributed by atoms with van der Waals surface area (Å²) in [5.74, 6) is -0.828. The zero-order chi connectivity index (χ0) is 32.1. The molecule has 3 amide bonds. The SMILES string of the molecule is CC(C)[C@H](NC(=O)CCc1ccccc1)C(=O)NC(Cc1ccccc1)C(O)C(Cc1ccccc1)NC(=O)OC(C)(C)C. The van der Waals surface area contributed by atoms with Gasteiger partial charge in [-0.3, -0.25) is 9.59 Å². The van der Waals surface area contributed by atoms with Gasteiger partial charge in [-0.15, -0.1) is 0 Å². The summed E-state index contributed by atoms with van der Waals surface area (Å²) in [5.41, 5.74) is 2.12. The number of hydrogen-bond donors (Lipinski definition) is 4. The van der Waals surface area contributed by atoms with E-state index in [4.69, 9.17) is 4.74 Å². The number of aliphatic hydroxyl groups is 1. The van der Waals surface area contributed by atoms with Crippen LogP contribution >= 0.6 is 0 Å². The van der Waals surface area contributed by atoms with Crippen molar-refractivity contribution in [3.8, 4) is 0 Å². The third-order valence-electron chi connectivity index (χ3n) is 7.20. The normalized spacial score (nSPS) is 14.2. The van der Waals surface area contributed by atoms with E-state index in [1.54, 1.807) is 20.8 Å². The van der Waals surface area contributed by atoms with Crippen LogP contribution in [0.5, 0.6) is 0 Å². The van der Waals surface area contributed by atoms with Gasteiger partial charge in [0, 0.05) is 6.42 Å². The molecule has 44 heavy (non-hydrogen) atoms. The van der Waals surface area contributed by atoms with E-state index < -0.39 is 41.8 Å². The topological polar surface area (TPSA) is 117 Å². The number of rotatable bonds is 14. The van der Waals surface area contributed by atoms with Crippen molar-refractivity contribution in [1.29, 1.82) is 0 Å². The minimum atomic E-state index is -1.19. The van der Waals surface area contributed by atoms with Gasteiger partial charge >= 0.3 is 6.09 Å². The Morgan fingerprint density at radius 3 is 1.61 bits per heavy atom. The first-order valence-corrected chi connectivity index (χ1v) is 15.3. The van der Waals surface area contributed by atoms with Crippen LogP contribution in [0.4, 0.5) is 4.79 Å². The summed E-state index contributed by atoms with van der Waals surface area (Å²) >= 11 is 0. The number of aliphatic hydroxyl groups excluding tert-OH is 1. The Labute approximate surface area is 261 Å². The summed E-state index contributed by atoms with van der Waals surface area (Å²) in [5, 5.41) is 20.6. The van der Waals surface area contributed by atoms with E-state index in [1.165, 1.54) is 0 Å². The van der Waals surface area contributed by atoms with Gasteiger partial charge in [-0.1, -0.05) is 105 Å². The van der Waals surface area contributed by atoms with Crippen LogP contribution in [0, 0.1) is 5.92 Å². The lowest BCUT2D eigenvalue weighted by Crippen LogP contribution is -2.59. The van der Waals surface area contributed by atoms with Crippen molar-refractivity contribution in [3.05, 3.63) is 108 Å². The molecule has 3 aromatic carbocycles. The summed E-state index contributed by atoms with van der Waals surface area (Å²) in [4.78, 5) is 39.5. The molecule has 0 spiro atoms. The molecule has 4 atom stereocenters. The number of carbonyl (C=O) groups is 3. The molecule has 0 aliphatic carbocycles. The van der Waals surface area contributed by atoms with Crippen molar-refractivity contribution in [1.82, 2.24) is 16.0 Å². The van der Waals surface area contributed by atoms with Gasteiger partial charge in [0.2, 0.25) is 11.8 Å². The molecular weight excluding hydrogens is 554 g/mol. The first-order chi connectivity index (χ1) is 20.9. The van der Waals surface area contributed by atoms with E-state index >= 15 is 0 Å². The quantitative estimate of drug-likeness (QED) is 0.208. The average molecular weight is 602 g/mol. The second-order valence-electron chi connectivity index (χ2n) is 12.5. The van der Waals surface area contributed by atoms with Crippen molar-refractivity contribution < 1.29 is 24.2 Å². The van der Waals surface area contributed by atoms with Gasteiger partial charge in [-0.05, 0) is 62.6 Å². The van der Waals surface area contributed by atoms with Crippen LogP contribution in [0.3, 0.4) is 0 Å². The fraction of sp³-hybridized carbons (Fsp3) is 0.417. The molecule has 0 aliphatic heterocycles. The van der Waals surface area contributed by atoms with Gasteiger partial charge in [0.25, 0.3) is 0 Å². The molecule has 0 fully saturated rings. The smallest absolute Gasteiger partial charge is 0.407 e. The molecule has 0 aliphatic rings. The first kappa shape index (κ1) is 34.3. The molecule has 0 bridgehead atoms. The number of aryl methyl sites for hydroxylation is 1. The van der Waals surface area contributed by atoms with Crippen LogP contribution in [0.2, 0.25) is 0 Å². The molecule has 0 saturated carbocycles. The summed E-state index contributed by atoms with van der Waals surface area (Å²) in [6.45, 7) is 9.05. The number of nitrogens with one attached hydrogen (secondary N) is 3. The molecule has 8 nitrogen and oxygen atoms in total. The molecule has 4 N–H and O–H groups in total. The van der Waals surface area contributed by atoms with E-state index in [0.29, 0.717) is 19.3 Å². The molecule has 3 aromatic rings. The van der Waals surface area contributed by atoms with Gasteiger partial charge in [-0.2, -0.15) is 0 Å². The molecule has 0 radical (unpaired) electrons. The third-order valence-corrected chi connectivity index (χ3v) is 7.20. The first-order valence-electron chi connectivity index (χ1n) is 15.3. The maximum Gasteiger partial charge on any atom is 0.407 e. The number of amides is 3. The highest BCUT2D eigenvalue weighted by atomic mass is 16.6. The van der Waals surface area contributed by atoms with Crippen LogP contribution in [-0.2, 0) is 33.6 Å². The van der Waals surface area contributed by atoms with Crippen LogP contribution < -0.4 is 16.0 Å². The Morgan fingerprint density at radius 2 is 1.16 bits per heavy atom. The molecule has 8 heteroatoms. The maximum absolute atomic E-state index is 13.7. The predicted octanol–water partition coefficient (Wildman–Crippen LogP) is 4.98. The van der Waals surface area contributed by atoms with E-state index in [0.717, 1.165) is 16.7 Å². The standard InChI is InChI=1S/C36H47N3O5/c1-25(2)32(39-31(40)22-21-26-15-9-6-10-16-26)34(42)37-29(23-27-17-11-7-12-18-27)33(41)30(24-28-19-13-8-14-20-28)38-35(43)44-36(3,4)5/h6-20,25,29-30,32-33,41H,21-24H2,1-5H3,(H,37,42)(H,38,43)(H,39,40)/t29?,30?,32-,33?/m0/s1. The highest BCUT2D eigenvalue weighted by Gasteiger charge is 2.34. The second-order valence-corrected chi connectivity index (χ2v) is 12.5. The molecular formula is C36H47N3O5. The van der Waals surface area contributed by atoms with Crippen molar-refractivity contribution in [2.24, 2.45) is 5.92 Å². The van der Waals surface area contributed by atoms with Gasteiger partial charge in [-0.25, -0.2) is 4.79 Å². The van der Waals surface area contributed by atoms with E-state index in [9.17, 15) is 19.5 Å². The van der Waals surface area contributed by atoms with Crippen molar-refractivity contribution >= 4 is 17.9 Å². The number of ether oxygens (including phenoxy) is 1. The summed E-state index contributed by atoms with van der Waals surface area (Å²) in [7, 11) is 0. The second kappa shape index (κ2) is 16.6. The summed E-state index contributed by atoms with van der Waals surface area (Å²) in [6, 6.07) is 26.4. The van der Waals surface area contributed by atoms with Crippen molar-refractivity contribution in [2.75, 3.05) is 0 Å². The number of carbonyl (C=O) groups excluding carboxylic acids is 3. The zero-order valence-corrected chi connectivity index (χ0v) is 26.5. The number of hydrogen-bond acceptors (Lipinski definition) is 5. The predicted molar refractivity (Wildman–Crippen MR) is 173 cm³/mol. The lowest BCUT2D eigenvalue weighted by atomic mass is 9.91. The molecule has 0 heterocycles. The summed E-state index contributed by atoms with van der Waals surface area (Å²) in [6.07, 6.45) is -0.420. The Hall–Kier alpha value is -4.17. The van der Waals surface area contributed by atoms with Gasteiger partial charge in [0.1, 0.15) is 11.6 Å². The van der Waals surface area contributed by atoms with E-state index in [2.05, 4.69) is 16.0 Å². The van der Waals surface area contributed by atoms with Crippen LogP contribution in [-0.4, -0.2) is 52.8 Å². The van der Waals surface area contributed by atoms with Gasteiger partial charge in [0.15, 0.2) is 0 Å². The van der Waals surface area contributed by atoms with Crippen LogP contribution in [0.1, 0.15) is 57.7 Å². The molecule has 3 rings (SSSR count). The highest BCUT2D eigenvalue weighted by Crippen LogP contribution is 2.16. The average Bonchev–Trinajstić information content (AvgIpc) is 2.98. The lowest BCUT2D eigenvalue weighted by molar-refractivity contribution is -0.131. The largest absolute Gasteiger partial charge is 0.444 e. The van der Waals surface area contributed by atoms with Gasteiger partial charge in [0.05, 0.1) is 18.2 Å². The Kier molecular flexibility index (Phi) is 13.0. The highest BCUT2D eigenvalue weighted by molar-refractivity contribution is 5.88. The fourth-order valence-corrected chi connectivity index (χ4v) is 4.95. The fourth-order valence-electron chi connectivity index (χ4n) is 4.95. The molecule has 0 aromatic heterocycles. The lowest BCUT2D eigenvalue weighted by Gasteiger charge is -2.33.